The zero-order valence-corrected chi connectivity index (χ0v) is 10.3. The van der Waals surface area contributed by atoms with Crippen LogP contribution in [0.4, 0.5) is 13.2 Å². The Morgan fingerprint density at radius 1 is 1.32 bits per heavy atom. The van der Waals surface area contributed by atoms with Crippen LogP contribution in [-0.4, -0.2) is 19.0 Å². The van der Waals surface area contributed by atoms with Crippen molar-refractivity contribution in [2.24, 2.45) is 0 Å². The fourth-order valence-corrected chi connectivity index (χ4v) is 2.21. The predicted molar refractivity (Wildman–Crippen MR) is 63.5 cm³/mol. The first-order valence-corrected chi connectivity index (χ1v) is 6.42. The normalized spacial score (nSPS) is 13.5. The average Bonchev–Trinajstić information content (AvgIpc) is 2.80. The minimum Gasteiger partial charge on any atom is -0.306 e. The third-order valence-electron chi connectivity index (χ3n) is 2.53. The van der Waals surface area contributed by atoms with Gasteiger partial charge in [-0.2, -0.15) is 18.3 Å². The zero-order valence-electron chi connectivity index (χ0n) is 9.44. The molecule has 0 saturated carbocycles. The maximum Gasteiger partial charge on any atom is 0.416 e. The molecular formula is C11H9F3N2O2S. The van der Waals surface area contributed by atoms with E-state index in [0.29, 0.717) is 11.1 Å². The van der Waals surface area contributed by atoms with Gasteiger partial charge in [-0.3, -0.25) is 5.10 Å². The van der Waals surface area contributed by atoms with Gasteiger partial charge in [0, 0.05) is 11.8 Å². The molecule has 0 bridgehead atoms. The summed E-state index contributed by atoms with van der Waals surface area (Å²) in [5.41, 5.74) is -0.259. The number of rotatable bonds is 3. The van der Waals surface area contributed by atoms with Gasteiger partial charge in [0.15, 0.2) is 11.1 Å². The Labute approximate surface area is 108 Å². The van der Waals surface area contributed by atoms with Crippen molar-refractivity contribution in [3.63, 3.8) is 0 Å². The SMILES string of the molecule is O=S(O)Cc1ccc(-c2cn[nH]c2)cc1C(F)(F)F. The summed E-state index contributed by atoms with van der Waals surface area (Å²) in [6.45, 7) is 0. The van der Waals surface area contributed by atoms with Crippen molar-refractivity contribution in [2.75, 3.05) is 0 Å². The Balaban J connectivity index is 2.51. The van der Waals surface area contributed by atoms with E-state index in [2.05, 4.69) is 10.2 Å². The smallest absolute Gasteiger partial charge is 0.306 e. The quantitative estimate of drug-likeness (QED) is 0.854. The molecule has 0 saturated heterocycles. The first kappa shape index (κ1) is 13.8. The van der Waals surface area contributed by atoms with E-state index in [1.165, 1.54) is 24.5 Å². The summed E-state index contributed by atoms with van der Waals surface area (Å²) in [7, 11) is 0. The molecule has 19 heavy (non-hydrogen) atoms. The molecule has 0 radical (unpaired) electrons. The summed E-state index contributed by atoms with van der Waals surface area (Å²) in [6.07, 6.45) is -1.70. The molecule has 1 heterocycles. The third kappa shape index (κ3) is 3.21. The minimum atomic E-state index is -4.57. The second-order valence-electron chi connectivity index (χ2n) is 3.82. The maximum atomic E-state index is 12.9. The number of nitrogens with one attached hydrogen (secondary N) is 1. The van der Waals surface area contributed by atoms with Crippen LogP contribution >= 0.6 is 0 Å². The maximum absolute atomic E-state index is 12.9. The molecule has 1 aromatic carbocycles. The predicted octanol–water partition coefficient (Wildman–Crippen LogP) is 2.82. The van der Waals surface area contributed by atoms with Crippen molar-refractivity contribution >= 4 is 11.1 Å². The Bertz CT molecular complexity index is 596. The molecule has 2 aromatic rings. The Morgan fingerprint density at radius 2 is 2.05 bits per heavy atom. The van der Waals surface area contributed by atoms with Gasteiger partial charge >= 0.3 is 6.18 Å². The number of nitrogens with zero attached hydrogens (tertiary/aromatic N) is 1. The molecule has 2 N–H and O–H groups in total. The van der Waals surface area contributed by atoms with E-state index >= 15 is 0 Å². The van der Waals surface area contributed by atoms with Crippen LogP contribution in [-0.2, 0) is 23.0 Å². The van der Waals surface area contributed by atoms with Gasteiger partial charge in [0.2, 0.25) is 0 Å². The van der Waals surface area contributed by atoms with Crippen LogP contribution in [0.1, 0.15) is 11.1 Å². The van der Waals surface area contributed by atoms with Crippen molar-refractivity contribution in [1.29, 1.82) is 0 Å². The van der Waals surface area contributed by atoms with Gasteiger partial charge in [0.1, 0.15) is 0 Å². The molecule has 1 aromatic heterocycles. The number of hydrogen-bond acceptors (Lipinski definition) is 2. The van der Waals surface area contributed by atoms with Gasteiger partial charge in [-0.15, -0.1) is 0 Å². The first-order valence-electron chi connectivity index (χ1n) is 5.14. The lowest BCUT2D eigenvalue weighted by molar-refractivity contribution is -0.138. The lowest BCUT2D eigenvalue weighted by Gasteiger charge is -2.13. The lowest BCUT2D eigenvalue weighted by atomic mass is 10.0. The number of aromatic nitrogens is 2. The molecule has 0 aliphatic heterocycles. The Kier molecular flexibility index (Phi) is 3.72. The highest BCUT2D eigenvalue weighted by Gasteiger charge is 2.34. The second-order valence-corrected chi connectivity index (χ2v) is 4.75. The van der Waals surface area contributed by atoms with E-state index in [9.17, 15) is 17.4 Å². The van der Waals surface area contributed by atoms with E-state index < -0.39 is 28.6 Å². The summed E-state index contributed by atoms with van der Waals surface area (Å²) in [6, 6.07) is 3.62. The van der Waals surface area contributed by atoms with Crippen molar-refractivity contribution in [1.82, 2.24) is 10.2 Å². The molecule has 2 rings (SSSR count). The fourth-order valence-electron chi connectivity index (χ4n) is 1.69. The Morgan fingerprint density at radius 3 is 2.58 bits per heavy atom. The number of benzene rings is 1. The molecule has 0 aliphatic carbocycles. The first-order chi connectivity index (χ1) is 8.88. The summed E-state index contributed by atoms with van der Waals surface area (Å²) in [5, 5.41) is 6.18. The van der Waals surface area contributed by atoms with Crippen LogP contribution in [0.5, 0.6) is 0 Å². The highest BCUT2D eigenvalue weighted by atomic mass is 32.2. The van der Waals surface area contributed by atoms with E-state index in [4.69, 9.17) is 4.55 Å². The van der Waals surface area contributed by atoms with E-state index in [1.807, 2.05) is 0 Å². The average molecular weight is 290 g/mol. The number of hydrogen-bond donors (Lipinski definition) is 2. The highest BCUT2D eigenvalue weighted by molar-refractivity contribution is 7.78. The van der Waals surface area contributed by atoms with Gasteiger partial charge < -0.3 is 4.55 Å². The van der Waals surface area contributed by atoms with Gasteiger partial charge in [-0.05, 0) is 17.2 Å². The standard InChI is InChI=1S/C11H9F3N2O2S/c12-11(13,14)10-3-7(9-4-15-16-5-9)1-2-8(10)6-19(17)18/h1-5H,6H2,(H,15,16)(H,17,18). The number of H-pyrrole nitrogens is 1. The molecular weight excluding hydrogens is 281 g/mol. The molecule has 102 valence electrons. The Hall–Kier alpha value is -1.67. The fraction of sp³-hybridized carbons (Fsp3) is 0.182. The monoisotopic (exact) mass is 290 g/mol. The molecule has 8 heteroatoms. The lowest BCUT2D eigenvalue weighted by Crippen LogP contribution is -2.10. The van der Waals surface area contributed by atoms with Crippen LogP contribution in [0.25, 0.3) is 11.1 Å². The number of alkyl halides is 3. The van der Waals surface area contributed by atoms with E-state index in [1.54, 1.807) is 0 Å². The van der Waals surface area contributed by atoms with Crippen molar-refractivity contribution < 1.29 is 21.9 Å². The van der Waals surface area contributed by atoms with Gasteiger partial charge in [0.25, 0.3) is 0 Å². The molecule has 1 atom stereocenters. The summed E-state index contributed by atoms with van der Waals surface area (Å²) in [4.78, 5) is 0. The molecule has 4 nitrogen and oxygen atoms in total. The van der Waals surface area contributed by atoms with Gasteiger partial charge in [0.05, 0.1) is 17.5 Å². The summed E-state index contributed by atoms with van der Waals surface area (Å²) >= 11 is -2.32. The van der Waals surface area contributed by atoms with E-state index in [0.717, 1.165) is 6.07 Å². The third-order valence-corrected chi connectivity index (χ3v) is 3.08. The van der Waals surface area contributed by atoms with Crippen LogP contribution in [0.15, 0.2) is 30.6 Å². The number of halogens is 3. The van der Waals surface area contributed by atoms with Gasteiger partial charge in [-0.1, -0.05) is 12.1 Å². The van der Waals surface area contributed by atoms with Crippen LogP contribution in [0.2, 0.25) is 0 Å². The van der Waals surface area contributed by atoms with Crippen molar-refractivity contribution in [2.45, 2.75) is 11.9 Å². The van der Waals surface area contributed by atoms with Crippen molar-refractivity contribution in [3.8, 4) is 11.1 Å². The molecule has 1 unspecified atom stereocenters. The van der Waals surface area contributed by atoms with Crippen LogP contribution < -0.4 is 0 Å². The van der Waals surface area contributed by atoms with E-state index in [-0.39, 0.29) is 5.56 Å². The van der Waals surface area contributed by atoms with Crippen LogP contribution in [0, 0.1) is 0 Å². The van der Waals surface area contributed by atoms with Crippen molar-refractivity contribution in [3.05, 3.63) is 41.7 Å². The summed E-state index contributed by atoms with van der Waals surface area (Å²) in [5.74, 6) is -0.555. The van der Waals surface area contributed by atoms with Crippen LogP contribution in [0.3, 0.4) is 0 Å². The topological polar surface area (TPSA) is 66.0 Å². The molecule has 0 amide bonds. The molecule has 0 aliphatic rings. The van der Waals surface area contributed by atoms with Gasteiger partial charge in [-0.25, -0.2) is 4.21 Å². The second kappa shape index (κ2) is 5.14. The highest BCUT2D eigenvalue weighted by Crippen LogP contribution is 2.35. The molecule has 0 fully saturated rings. The largest absolute Gasteiger partial charge is 0.416 e. The summed E-state index contributed by atoms with van der Waals surface area (Å²) < 4.78 is 58.2. The zero-order chi connectivity index (χ0) is 14.0. The molecule has 0 spiro atoms. The number of aromatic amines is 1. The minimum absolute atomic E-state index is 0.208.